The van der Waals surface area contributed by atoms with Gasteiger partial charge in [0.1, 0.15) is 0 Å². The number of allylic oxidation sites excluding steroid dienone is 3. The Labute approximate surface area is 160 Å². The molecule has 0 spiro atoms. The Balaban J connectivity index is 1.98. The van der Waals surface area contributed by atoms with Gasteiger partial charge in [0.05, 0.1) is 6.61 Å². The maximum atomic E-state index is 12.2. The van der Waals surface area contributed by atoms with Gasteiger partial charge in [0, 0.05) is 19.2 Å². The first kappa shape index (κ1) is 18.6. The van der Waals surface area contributed by atoms with Gasteiger partial charge in [-0.2, -0.15) is 4.99 Å². The number of fused-ring (bicyclic) bond motifs is 3. The van der Waals surface area contributed by atoms with Crippen LogP contribution in [-0.4, -0.2) is 23.4 Å². The van der Waals surface area contributed by atoms with E-state index in [-0.39, 0.29) is 5.91 Å². The van der Waals surface area contributed by atoms with Crippen LogP contribution < -0.4 is 0 Å². The van der Waals surface area contributed by atoms with E-state index in [1.54, 1.807) is 12.2 Å². The molecule has 0 unspecified atom stereocenters. The van der Waals surface area contributed by atoms with Crippen LogP contribution >= 0.6 is 0 Å². The predicted octanol–water partition coefficient (Wildman–Crippen LogP) is 4.72. The average molecular weight is 360 g/mol. The normalized spacial score (nSPS) is 14.1. The van der Waals surface area contributed by atoms with Gasteiger partial charge in [0.25, 0.3) is 11.9 Å². The maximum absolute atomic E-state index is 12.2. The number of rotatable bonds is 3. The van der Waals surface area contributed by atoms with Crippen LogP contribution in [0.1, 0.15) is 25.0 Å². The molecule has 1 aliphatic rings. The molecule has 0 radical (unpaired) electrons. The molecule has 0 aromatic heterocycles. The summed E-state index contributed by atoms with van der Waals surface area (Å²) in [5, 5.41) is 0. The SMILES string of the molecule is C/C=C/C=C/C(=O)/N=C(\OCC)N1Cc2ccccc2-c2ccccc2C1. The van der Waals surface area contributed by atoms with E-state index < -0.39 is 0 Å². The molecule has 1 heterocycles. The third-order valence-electron chi connectivity index (χ3n) is 4.34. The van der Waals surface area contributed by atoms with E-state index in [9.17, 15) is 4.79 Å². The largest absolute Gasteiger partial charge is 0.465 e. The Bertz CT molecular complexity index is 849. The molecule has 4 nitrogen and oxygen atoms in total. The minimum absolute atomic E-state index is 0.331. The molecule has 4 heteroatoms. The van der Waals surface area contributed by atoms with E-state index in [4.69, 9.17) is 4.74 Å². The fourth-order valence-electron chi connectivity index (χ4n) is 3.15. The van der Waals surface area contributed by atoms with Crippen molar-refractivity contribution in [3.63, 3.8) is 0 Å². The van der Waals surface area contributed by atoms with Crippen molar-refractivity contribution in [3.8, 4) is 11.1 Å². The van der Waals surface area contributed by atoms with Gasteiger partial charge in [-0.1, -0.05) is 66.8 Å². The molecular weight excluding hydrogens is 336 g/mol. The van der Waals surface area contributed by atoms with Crippen molar-refractivity contribution in [2.24, 2.45) is 4.99 Å². The lowest BCUT2D eigenvalue weighted by molar-refractivity contribution is -0.113. The van der Waals surface area contributed by atoms with E-state index in [1.165, 1.54) is 28.3 Å². The molecule has 1 amide bonds. The number of carbonyl (C=O) groups excluding carboxylic acids is 1. The lowest BCUT2D eigenvalue weighted by atomic mass is 9.97. The quantitative estimate of drug-likeness (QED) is 0.344. The number of hydrogen-bond donors (Lipinski definition) is 0. The van der Waals surface area contributed by atoms with Crippen LogP contribution in [0, 0.1) is 0 Å². The second kappa shape index (κ2) is 8.99. The molecule has 0 saturated carbocycles. The number of carbonyl (C=O) groups is 1. The number of nitrogens with zero attached hydrogens (tertiary/aromatic N) is 2. The van der Waals surface area contributed by atoms with Gasteiger partial charge in [-0.05, 0) is 36.1 Å². The molecule has 2 aromatic carbocycles. The van der Waals surface area contributed by atoms with E-state index in [2.05, 4.69) is 41.4 Å². The van der Waals surface area contributed by atoms with Crippen LogP contribution in [-0.2, 0) is 22.6 Å². The van der Waals surface area contributed by atoms with E-state index in [0.717, 1.165) is 0 Å². The first-order valence-electron chi connectivity index (χ1n) is 9.19. The summed E-state index contributed by atoms with van der Waals surface area (Å²) in [7, 11) is 0. The molecule has 0 aliphatic carbocycles. The molecule has 1 aliphatic heterocycles. The summed E-state index contributed by atoms with van der Waals surface area (Å²) in [6.07, 6.45) is 6.78. The molecule has 27 heavy (non-hydrogen) atoms. The Morgan fingerprint density at radius 3 is 2.19 bits per heavy atom. The van der Waals surface area contributed by atoms with Crippen molar-refractivity contribution in [1.29, 1.82) is 0 Å². The molecule has 0 N–H and O–H groups in total. The van der Waals surface area contributed by atoms with Crippen molar-refractivity contribution < 1.29 is 9.53 Å². The molecule has 0 bridgehead atoms. The second-order valence-electron chi connectivity index (χ2n) is 6.22. The lowest BCUT2D eigenvalue weighted by Crippen LogP contribution is -2.32. The molecule has 2 aromatic rings. The summed E-state index contributed by atoms with van der Waals surface area (Å²) >= 11 is 0. The number of aliphatic imine (C=N–C) groups is 1. The number of amides is 1. The molecule has 138 valence electrons. The predicted molar refractivity (Wildman–Crippen MR) is 109 cm³/mol. The summed E-state index contributed by atoms with van der Waals surface area (Å²) in [6, 6.07) is 17.0. The smallest absolute Gasteiger partial charge is 0.296 e. The Hall–Kier alpha value is -3.14. The van der Waals surface area contributed by atoms with Crippen LogP contribution in [0.15, 0.2) is 77.8 Å². The monoisotopic (exact) mass is 360 g/mol. The zero-order valence-corrected chi connectivity index (χ0v) is 15.8. The van der Waals surface area contributed by atoms with Crippen LogP contribution in [0.5, 0.6) is 0 Å². The first-order valence-corrected chi connectivity index (χ1v) is 9.19. The summed E-state index contributed by atoms with van der Waals surface area (Å²) in [5.74, 6) is -0.331. The van der Waals surface area contributed by atoms with Crippen molar-refractivity contribution in [2.75, 3.05) is 6.61 Å². The minimum atomic E-state index is -0.331. The van der Waals surface area contributed by atoms with Crippen molar-refractivity contribution in [1.82, 2.24) is 4.90 Å². The second-order valence-corrected chi connectivity index (χ2v) is 6.22. The van der Waals surface area contributed by atoms with Crippen molar-refractivity contribution in [2.45, 2.75) is 26.9 Å². The first-order chi connectivity index (χ1) is 13.2. The van der Waals surface area contributed by atoms with Gasteiger partial charge in [0.2, 0.25) is 0 Å². The van der Waals surface area contributed by atoms with Crippen LogP contribution in [0.4, 0.5) is 0 Å². The number of ether oxygens (including phenoxy) is 1. The summed E-state index contributed by atoms with van der Waals surface area (Å²) in [4.78, 5) is 18.4. The molecule has 0 fully saturated rings. The van der Waals surface area contributed by atoms with Gasteiger partial charge in [0.15, 0.2) is 0 Å². The van der Waals surface area contributed by atoms with Crippen LogP contribution in [0.25, 0.3) is 11.1 Å². The van der Waals surface area contributed by atoms with Crippen LogP contribution in [0.3, 0.4) is 0 Å². The highest BCUT2D eigenvalue weighted by Crippen LogP contribution is 2.32. The van der Waals surface area contributed by atoms with E-state index in [1.807, 2.05) is 37.0 Å². The highest BCUT2D eigenvalue weighted by molar-refractivity contribution is 5.97. The van der Waals surface area contributed by atoms with Crippen LogP contribution in [0.2, 0.25) is 0 Å². The zero-order valence-electron chi connectivity index (χ0n) is 15.8. The molecule has 0 atom stereocenters. The van der Waals surface area contributed by atoms with Gasteiger partial charge in [-0.25, -0.2) is 0 Å². The van der Waals surface area contributed by atoms with Gasteiger partial charge in [-0.3, -0.25) is 4.79 Å². The lowest BCUT2D eigenvalue weighted by Gasteiger charge is -2.24. The van der Waals surface area contributed by atoms with Crippen molar-refractivity contribution in [3.05, 3.63) is 84.0 Å². The molecule has 0 saturated heterocycles. The third-order valence-corrected chi connectivity index (χ3v) is 4.34. The topological polar surface area (TPSA) is 41.9 Å². The molecule has 3 rings (SSSR count). The Morgan fingerprint density at radius 2 is 1.63 bits per heavy atom. The average Bonchev–Trinajstić information content (AvgIpc) is 2.85. The van der Waals surface area contributed by atoms with Crippen molar-refractivity contribution >= 4 is 11.9 Å². The number of amidine groups is 1. The summed E-state index contributed by atoms with van der Waals surface area (Å²) in [5.41, 5.74) is 4.80. The number of hydrogen-bond acceptors (Lipinski definition) is 2. The summed E-state index contributed by atoms with van der Waals surface area (Å²) in [6.45, 7) is 5.51. The van der Waals surface area contributed by atoms with E-state index in [0.29, 0.717) is 25.7 Å². The maximum Gasteiger partial charge on any atom is 0.296 e. The highest BCUT2D eigenvalue weighted by Gasteiger charge is 2.22. The summed E-state index contributed by atoms with van der Waals surface area (Å²) < 4.78 is 5.75. The molecular formula is C23H24N2O2. The standard InChI is InChI=1S/C23H24N2O2/c1-3-5-6-15-22(26)24-23(27-4-2)25-16-18-11-7-9-13-20(18)21-14-10-8-12-19(21)17-25/h3,5-15H,4,16-17H2,1-2H3/b5-3+,15-6+,24-23-. The van der Waals surface area contributed by atoms with Gasteiger partial charge in [-0.15, -0.1) is 0 Å². The van der Waals surface area contributed by atoms with E-state index >= 15 is 0 Å². The minimum Gasteiger partial charge on any atom is -0.465 e. The van der Waals surface area contributed by atoms with Gasteiger partial charge >= 0.3 is 0 Å². The fourth-order valence-corrected chi connectivity index (χ4v) is 3.15. The number of benzene rings is 2. The van der Waals surface area contributed by atoms with Gasteiger partial charge < -0.3 is 9.64 Å². The Morgan fingerprint density at radius 1 is 1.04 bits per heavy atom. The highest BCUT2D eigenvalue weighted by atomic mass is 16.5. The Kier molecular flexibility index (Phi) is 6.21. The third kappa shape index (κ3) is 4.53. The zero-order chi connectivity index (χ0) is 19.1. The fraction of sp³-hybridized carbons (Fsp3) is 0.217.